The SMILES string of the molecule is Brc1nccc2ncncc12. The van der Waals surface area contributed by atoms with E-state index in [9.17, 15) is 0 Å². The summed E-state index contributed by atoms with van der Waals surface area (Å²) in [6, 6.07) is 1.85. The van der Waals surface area contributed by atoms with Crippen molar-refractivity contribution in [3.63, 3.8) is 0 Å². The van der Waals surface area contributed by atoms with Gasteiger partial charge in [0, 0.05) is 12.4 Å². The molecule has 0 bridgehead atoms. The minimum Gasteiger partial charge on any atom is -0.249 e. The molecule has 0 amide bonds. The molecule has 0 saturated heterocycles. The van der Waals surface area contributed by atoms with Crippen molar-refractivity contribution in [2.45, 2.75) is 0 Å². The van der Waals surface area contributed by atoms with E-state index >= 15 is 0 Å². The molecular formula is C7H4BrN3. The second-order valence-electron chi connectivity index (χ2n) is 2.06. The lowest BCUT2D eigenvalue weighted by Crippen LogP contribution is -1.83. The fourth-order valence-electron chi connectivity index (χ4n) is 0.874. The Morgan fingerprint density at radius 1 is 1.27 bits per heavy atom. The summed E-state index contributed by atoms with van der Waals surface area (Å²) in [6.07, 6.45) is 4.97. The van der Waals surface area contributed by atoms with E-state index in [1.165, 1.54) is 6.33 Å². The Morgan fingerprint density at radius 3 is 3.00 bits per heavy atom. The van der Waals surface area contributed by atoms with Crippen LogP contribution in [0.1, 0.15) is 0 Å². The summed E-state index contributed by atoms with van der Waals surface area (Å²) < 4.78 is 0.788. The molecule has 2 aromatic rings. The van der Waals surface area contributed by atoms with Crippen molar-refractivity contribution in [1.82, 2.24) is 15.0 Å². The molecular weight excluding hydrogens is 206 g/mol. The molecule has 0 N–H and O–H groups in total. The minimum atomic E-state index is 0.788. The van der Waals surface area contributed by atoms with E-state index < -0.39 is 0 Å². The van der Waals surface area contributed by atoms with Crippen molar-refractivity contribution >= 4 is 26.8 Å². The zero-order chi connectivity index (χ0) is 7.68. The third-order valence-corrected chi connectivity index (χ3v) is 2.02. The normalized spacial score (nSPS) is 10.3. The average Bonchev–Trinajstić information content (AvgIpc) is 2.06. The van der Waals surface area contributed by atoms with Gasteiger partial charge in [0.15, 0.2) is 0 Å². The number of hydrogen-bond acceptors (Lipinski definition) is 3. The molecule has 4 heteroatoms. The molecule has 0 saturated carbocycles. The fraction of sp³-hybridized carbons (Fsp3) is 0. The lowest BCUT2D eigenvalue weighted by molar-refractivity contribution is 1.20. The number of fused-ring (bicyclic) bond motifs is 1. The number of halogens is 1. The molecule has 0 radical (unpaired) electrons. The Hall–Kier alpha value is -1.03. The largest absolute Gasteiger partial charge is 0.249 e. The van der Waals surface area contributed by atoms with E-state index in [1.54, 1.807) is 12.4 Å². The van der Waals surface area contributed by atoms with Crippen molar-refractivity contribution in [2.75, 3.05) is 0 Å². The van der Waals surface area contributed by atoms with Crippen LogP contribution in [0.3, 0.4) is 0 Å². The Bertz CT molecular complexity index is 383. The lowest BCUT2D eigenvalue weighted by Gasteiger charge is -1.94. The number of aromatic nitrogens is 3. The highest BCUT2D eigenvalue weighted by atomic mass is 79.9. The van der Waals surface area contributed by atoms with Gasteiger partial charge in [-0.1, -0.05) is 0 Å². The molecule has 0 unspecified atom stereocenters. The fourth-order valence-corrected chi connectivity index (χ4v) is 1.30. The Labute approximate surface area is 71.6 Å². The first-order valence-corrected chi connectivity index (χ1v) is 3.87. The zero-order valence-corrected chi connectivity index (χ0v) is 7.12. The molecule has 0 aliphatic carbocycles. The van der Waals surface area contributed by atoms with Crippen LogP contribution in [0.25, 0.3) is 10.9 Å². The average molecular weight is 210 g/mol. The highest BCUT2D eigenvalue weighted by Gasteiger charge is 1.97. The predicted octanol–water partition coefficient (Wildman–Crippen LogP) is 1.79. The summed E-state index contributed by atoms with van der Waals surface area (Å²) >= 11 is 3.31. The van der Waals surface area contributed by atoms with Crippen LogP contribution in [0.2, 0.25) is 0 Å². The third kappa shape index (κ3) is 1.09. The number of rotatable bonds is 0. The van der Waals surface area contributed by atoms with Crippen molar-refractivity contribution in [2.24, 2.45) is 0 Å². The van der Waals surface area contributed by atoms with Gasteiger partial charge in [-0.15, -0.1) is 0 Å². The van der Waals surface area contributed by atoms with Crippen LogP contribution in [0.15, 0.2) is 29.4 Å². The second-order valence-corrected chi connectivity index (χ2v) is 2.81. The highest BCUT2D eigenvalue weighted by Crippen LogP contribution is 2.17. The highest BCUT2D eigenvalue weighted by molar-refractivity contribution is 9.10. The van der Waals surface area contributed by atoms with Crippen LogP contribution in [-0.4, -0.2) is 15.0 Å². The maximum absolute atomic E-state index is 4.06. The van der Waals surface area contributed by atoms with E-state index in [0.29, 0.717) is 0 Å². The zero-order valence-electron chi connectivity index (χ0n) is 5.53. The smallest absolute Gasteiger partial charge is 0.116 e. The van der Waals surface area contributed by atoms with Gasteiger partial charge in [0.25, 0.3) is 0 Å². The van der Waals surface area contributed by atoms with E-state index in [4.69, 9.17) is 0 Å². The molecule has 2 rings (SSSR count). The Kier molecular flexibility index (Phi) is 1.54. The van der Waals surface area contributed by atoms with E-state index in [-0.39, 0.29) is 0 Å². The quantitative estimate of drug-likeness (QED) is 0.622. The monoisotopic (exact) mass is 209 g/mol. The summed E-state index contributed by atoms with van der Waals surface area (Å²) in [5, 5.41) is 0.940. The molecule has 0 spiro atoms. The van der Waals surface area contributed by atoms with Crippen molar-refractivity contribution < 1.29 is 0 Å². The van der Waals surface area contributed by atoms with Gasteiger partial charge in [-0.2, -0.15) is 0 Å². The van der Waals surface area contributed by atoms with Crippen LogP contribution in [0, 0.1) is 0 Å². The van der Waals surface area contributed by atoms with Crippen molar-refractivity contribution in [3.05, 3.63) is 29.4 Å². The van der Waals surface area contributed by atoms with Gasteiger partial charge in [0.1, 0.15) is 10.9 Å². The number of nitrogens with zero attached hydrogens (tertiary/aromatic N) is 3. The third-order valence-electron chi connectivity index (χ3n) is 1.39. The van der Waals surface area contributed by atoms with Crippen LogP contribution >= 0.6 is 15.9 Å². The lowest BCUT2D eigenvalue weighted by atomic mass is 10.3. The summed E-state index contributed by atoms with van der Waals surface area (Å²) in [5.41, 5.74) is 0.905. The second kappa shape index (κ2) is 2.54. The molecule has 2 aromatic heterocycles. The molecule has 0 fully saturated rings. The molecule has 54 valence electrons. The first kappa shape index (κ1) is 6.67. The van der Waals surface area contributed by atoms with Gasteiger partial charge in [-0.05, 0) is 22.0 Å². The number of hydrogen-bond donors (Lipinski definition) is 0. The van der Waals surface area contributed by atoms with Gasteiger partial charge in [0.2, 0.25) is 0 Å². The molecule has 0 atom stereocenters. The van der Waals surface area contributed by atoms with Crippen LogP contribution in [0.5, 0.6) is 0 Å². The summed E-state index contributed by atoms with van der Waals surface area (Å²) in [7, 11) is 0. The van der Waals surface area contributed by atoms with Crippen LogP contribution < -0.4 is 0 Å². The molecule has 3 nitrogen and oxygen atoms in total. The van der Waals surface area contributed by atoms with Gasteiger partial charge < -0.3 is 0 Å². The Balaban J connectivity index is 2.91. The van der Waals surface area contributed by atoms with Gasteiger partial charge in [0.05, 0.1) is 10.9 Å². The predicted molar refractivity (Wildman–Crippen MR) is 45.0 cm³/mol. The van der Waals surface area contributed by atoms with Crippen LogP contribution in [0.4, 0.5) is 0 Å². The van der Waals surface area contributed by atoms with Gasteiger partial charge in [-0.25, -0.2) is 15.0 Å². The number of pyridine rings is 1. The first-order chi connectivity index (χ1) is 5.38. The Morgan fingerprint density at radius 2 is 2.18 bits per heavy atom. The summed E-state index contributed by atoms with van der Waals surface area (Å²) in [4.78, 5) is 12.0. The van der Waals surface area contributed by atoms with E-state index in [1.807, 2.05) is 6.07 Å². The topological polar surface area (TPSA) is 38.7 Å². The minimum absolute atomic E-state index is 0.788. The first-order valence-electron chi connectivity index (χ1n) is 3.08. The van der Waals surface area contributed by atoms with Crippen molar-refractivity contribution in [1.29, 1.82) is 0 Å². The maximum atomic E-state index is 4.06. The van der Waals surface area contributed by atoms with E-state index in [0.717, 1.165) is 15.5 Å². The van der Waals surface area contributed by atoms with Crippen molar-refractivity contribution in [3.8, 4) is 0 Å². The van der Waals surface area contributed by atoms with Crippen LogP contribution in [-0.2, 0) is 0 Å². The summed E-state index contributed by atoms with van der Waals surface area (Å²) in [5.74, 6) is 0. The molecule has 2 heterocycles. The van der Waals surface area contributed by atoms with Gasteiger partial charge >= 0.3 is 0 Å². The molecule has 0 aliphatic rings. The molecule has 0 aromatic carbocycles. The standard InChI is InChI=1S/C7H4BrN3/c8-7-5-3-9-4-11-6(5)1-2-10-7/h1-4H. The maximum Gasteiger partial charge on any atom is 0.116 e. The molecule has 0 aliphatic heterocycles. The molecule has 11 heavy (non-hydrogen) atoms. The summed E-state index contributed by atoms with van der Waals surface area (Å²) in [6.45, 7) is 0. The van der Waals surface area contributed by atoms with E-state index in [2.05, 4.69) is 30.9 Å². The van der Waals surface area contributed by atoms with Gasteiger partial charge in [-0.3, -0.25) is 0 Å².